The van der Waals surface area contributed by atoms with Gasteiger partial charge >= 0.3 is 5.97 Å². The smallest absolute Gasteiger partial charge is 0.307 e. The van der Waals surface area contributed by atoms with Crippen molar-refractivity contribution in [1.29, 1.82) is 0 Å². The van der Waals surface area contributed by atoms with Crippen molar-refractivity contribution in [2.45, 2.75) is 12.8 Å². The van der Waals surface area contributed by atoms with E-state index in [1.165, 1.54) is 0 Å². The van der Waals surface area contributed by atoms with E-state index in [4.69, 9.17) is 16.7 Å². The molecule has 1 aromatic carbocycles. The third kappa shape index (κ3) is 2.17. The van der Waals surface area contributed by atoms with Gasteiger partial charge in [-0.15, -0.1) is 0 Å². The van der Waals surface area contributed by atoms with Crippen LogP contribution in [0.5, 0.6) is 0 Å². The highest BCUT2D eigenvalue weighted by molar-refractivity contribution is 6.30. The molecular formula is C11H10ClNO3. The van der Waals surface area contributed by atoms with Crippen LogP contribution in [0.15, 0.2) is 18.2 Å². The maximum atomic E-state index is 11.4. The molecule has 1 amide bonds. The number of aliphatic carboxylic acids is 1. The lowest BCUT2D eigenvalue weighted by molar-refractivity contribution is -0.143. The molecule has 1 aliphatic heterocycles. The van der Waals surface area contributed by atoms with Gasteiger partial charge in [0, 0.05) is 17.1 Å². The molecule has 0 fully saturated rings. The molecular weight excluding hydrogens is 230 g/mol. The minimum absolute atomic E-state index is 0.00162. The lowest BCUT2D eigenvalue weighted by Gasteiger charge is -2.08. The van der Waals surface area contributed by atoms with Crippen LogP contribution in [0.1, 0.15) is 12.0 Å². The molecule has 0 aromatic heterocycles. The molecule has 1 aromatic rings. The van der Waals surface area contributed by atoms with Crippen LogP contribution in [0.25, 0.3) is 0 Å². The Balaban J connectivity index is 2.39. The van der Waals surface area contributed by atoms with Crippen LogP contribution in [0.2, 0.25) is 5.02 Å². The SMILES string of the molecule is O=C1CC(C(=O)O)Cc2cc(Cl)ccc2N1. The Morgan fingerprint density at radius 3 is 2.88 bits per heavy atom. The van der Waals surface area contributed by atoms with Gasteiger partial charge in [-0.05, 0) is 30.2 Å². The zero-order valence-electron chi connectivity index (χ0n) is 8.37. The Bertz CT molecular complexity index is 459. The first-order valence-corrected chi connectivity index (χ1v) is 5.25. The molecule has 1 atom stereocenters. The number of nitrogens with one attached hydrogen (secondary N) is 1. The maximum absolute atomic E-state index is 11.4. The van der Waals surface area contributed by atoms with E-state index in [1.807, 2.05) is 0 Å². The predicted octanol–water partition coefficient (Wildman–Crippen LogP) is 1.93. The van der Waals surface area contributed by atoms with E-state index in [1.54, 1.807) is 18.2 Å². The number of carbonyl (C=O) groups is 2. The van der Waals surface area contributed by atoms with Crippen molar-refractivity contribution in [3.8, 4) is 0 Å². The molecule has 84 valence electrons. The van der Waals surface area contributed by atoms with Crippen LogP contribution in [0.3, 0.4) is 0 Å². The van der Waals surface area contributed by atoms with E-state index < -0.39 is 11.9 Å². The molecule has 0 saturated carbocycles. The molecule has 5 heteroatoms. The molecule has 0 radical (unpaired) electrons. The normalized spacial score (nSPS) is 19.6. The van der Waals surface area contributed by atoms with Crippen LogP contribution < -0.4 is 5.32 Å². The number of amides is 1. The third-order valence-corrected chi connectivity index (χ3v) is 2.82. The second-order valence-electron chi connectivity index (χ2n) is 3.79. The van der Waals surface area contributed by atoms with E-state index in [-0.39, 0.29) is 12.3 Å². The van der Waals surface area contributed by atoms with Gasteiger partial charge in [-0.1, -0.05) is 11.6 Å². The first kappa shape index (κ1) is 11.0. The van der Waals surface area contributed by atoms with Gasteiger partial charge in [0.15, 0.2) is 0 Å². The van der Waals surface area contributed by atoms with Crippen LogP contribution >= 0.6 is 11.6 Å². The van der Waals surface area contributed by atoms with E-state index in [0.717, 1.165) is 5.56 Å². The number of carbonyl (C=O) groups excluding carboxylic acids is 1. The number of carboxylic acid groups (broad SMARTS) is 1. The van der Waals surface area contributed by atoms with Crippen molar-refractivity contribution < 1.29 is 14.7 Å². The summed E-state index contributed by atoms with van der Waals surface area (Å²) in [5.74, 6) is -1.91. The third-order valence-electron chi connectivity index (χ3n) is 2.59. The highest BCUT2D eigenvalue weighted by Crippen LogP contribution is 2.27. The highest BCUT2D eigenvalue weighted by Gasteiger charge is 2.26. The molecule has 0 spiro atoms. The highest BCUT2D eigenvalue weighted by atomic mass is 35.5. The molecule has 0 aliphatic carbocycles. The van der Waals surface area contributed by atoms with E-state index in [9.17, 15) is 9.59 Å². The first-order valence-electron chi connectivity index (χ1n) is 4.87. The Morgan fingerprint density at radius 2 is 2.19 bits per heavy atom. The summed E-state index contributed by atoms with van der Waals surface area (Å²) < 4.78 is 0. The number of anilines is 1. The van der Waals surface area contributed by atoms with Crippen molar-refractivity contribution in [3.63, 3.8) is 0 Å². The summed E-state index contributed by atoms with van der Waals surface area (Å²) in [7, 11) is 0. The minimum atomic E-state index is -0.956. The average molecular weight is 240 g/mol. The summed E-state index contributed by atoms with van der Waals surface area (Å²) in [6.45, 7) is 0. The summed E-state index contributed by atoms with van der Waals surface area (Å²) in [4.78, 5) is 22.4. The fourth-order valence-corrected chi connectivity index (χ4v) is 1.99. The number of carboxylic acids is 1. The maximum Gasteiger partial charge on any atom is 0.307 e. The van der Waals surface area contributed by atoms with Gasteiger partial charge in [-0.3, -0.25) is 9.59 Å². The molecule has 1 heterocycles. The van der Waals surface area contributed by atoms with Gasteiger partial charge in [-0.25, -0.2) is 0 Å². The van der Waals surface area contributed by atoms with Crippen molar-refractivity contribution in [3.05, 3.63) is 28.8 Å². The lowest BCUT2D eigenvalue weighted by atomic mass is 9.97. The molecule has 4 nitrogen and oxygen atoms in total. The summed E-state index contributed by atoms with van der Waals surface area (Å²) in [5.41, 5.74) is 1.42. The second-order valence-corrected chi connectivity index (χ2v) is 4.23. The van der Waals surface area contributed by atoms with Crippen LogP contribution in [-0.4, -0.2) is 17.0 Å². The van der Waals surface area contributed by atoms with Crippen molar-refractivity contribution in [2.75, 3.05) is 5.32 Å². The van der Waals surface area contributed by atoms with Gasteiger partial charge in [-0.2, -0.15) is 0 Å². The fraction of sp³-hybridized carbons (Fsp3) is 0.273. The van der Waals surface area contributed by atoms with Crippen molar-refractivity contribution in [1.82, 2.24) is 0 Å². The number of hydrogen-bond donors (Lipinski definition) is 2. The largest absolute Gasteiger partial charge is 0.481 e. The monoisotopic (exact) mass is 239 g/mol. The van der Waals surface area contributed by atoms with Crippen molar-refractivity contribution >= 4 is 29.2 Å². The van der Waals surface area contributed by atoms with E-state index >= 15 is 0 Å². The number of halogens is 1. The molecule has 1 aliphatic rings. The van der Waals surface area contributed by atoms with Crippen LogP contribution in [0.4, 0.5) is 5.69 Å². The summed E-state index contributed by atoms with van der Waals surface area (Å²) in [6, 6.07) is 5.06. The fourth-order valence-electron chi connectivity index (χ4n) is 1.79. The van der Waals surface area contributed by atoms with Gasteiger partial charge in [0.25, 0.3) is 0 Å². The Kier molecular flexibility index (Phi) is 2.83. The zero-order valence-corrected chi connectivity index (χ0v) is 9.12. The molecule has 1 unspecified atom stereocenters. The van der Waals surface area contributed by atoms with Crippen molar-refractivity contribution in [2.24, 2.45) is 5.92 Å². The second kappa shape index (κ2) is 4.14. The average Bonchev–Trinajstić information content (AvgIpc) is 2.36. The molecule has 2 rings (SSSR count). The quantitative estimate of drug-likeness (QED) is 0.787. The number of hydrogen-bond acceptors (Lipinski definition) is 2. The van der Waals surface area contributed by atoms with E-state index in [0.29, 0.717) is 17.1 Å². The van der Waals surface area contributed by atoms with Gasteiger partial charge in [0.2, 0.25) is 5.91 Å². The zero-order chi connectivity index (χ0) is 11.7. The summed E-state index contributed by atoms with van der Waals surface area (Å²) >= 11 is 5.83. The Hall–Kier alpha value is -1.55. The van der Waals surface area contributed by atoms with Crippen LogP contribution in [0, 0.1) is 5.92 Å². The summed E-state index contributed by atoms with van der Waals surface area (Å²) in [6.07, 6.45) is 0.325. The first-order chi connectivity index (χ1) is 7.56. The van der Waals surface area contributed by atoms with Gasteiger partial charge in [0.05, 0.1) is 5.92 Å². The standard InChI is InChI=1S/C11H10ClNO3/c12-8-1-2-9-6(4-8)3-7(11(15)16)5-10(14)13-9/h1-2,4,7H,3,5H2,(H,13,14)(H,15,16). The number of benzene rings is 1. The lowest BCUT2D eigenvalue weighted by Crippen LogP contribution is -2.20. The molecule has 2 N–H and O–H groups in total. The number of rotatable bonds is 1. The Labute approximate surface area is 97.2 Å². The molecule has 0 saturated heterocycles. The Morgan fingerprint density at radius 1 is 1.44 bits per heavy atom. The van der Waals surface area contributed by atoms with E-state index in [2.05, 4.69) is 5.32 Å². The van der Waals surface area contributed by atoms with Gasteiger partial charge in [0.1, 0.15) is 0 Å². The number of fused-ring (bicyclic) bond motifs is 1. The topological polar surface area (TPSA) is 66.4 Å². The van der Waals surface area contributed by atoms with Crippen LogP contribution in [-0.2, 0) is 16.0 Å². The minimum Gasteiger partial charge on any atom is -0.481 e. The summed E-state index contributed by atoms with van der Waals surface area (Å²) in [5, 5.41) is 12.2. The predicted molar refractivity (Wildman–Crippen MR) is 59.5 cm³/mol. The molecule has 0 bridgehead atoms. The molecule has 16 heavy (non-hydrogen) atoms. The van der Waals surface area contributed by atoms with Gasteiger partial charge < -0.3 is 10.4 Å².